The van der Waals surface area contributed by atoms with E-state index < -0.39 is 16.3 Å². The number of rotatable bonds is 2. The lowest BCUT2D eigenvalue weighted by atomic mass is 10.0. The summed E-state index contributed by atoms with van der Waals surface area (Å²) in [5, 5.41) is 4.59. The van der Waals surface area contributed by atoms with Crippen LogP contribution in [-0.2, 0) is 14.5 Å². The van der Waals surface area contributed by atoms with Gasteiger partial charge in [0.1, 0.15) is 0 Å². The zero-order valence-electron chi connectivity index (χ0n) is 8.35. The van der Waals surface area contributed by atoms with Crippen LogP contribution in [-0.4, -0.2) is 14.4 Å². The van der Waals surface area contributed by atoms with E-state index >= 15 is 0 Å². The maximum atomic E-state index is 11.4. The van der Waals surface area contributed by atoms with Gasteiger partial charge in [-0.2, -0.15) is 13.6 Å². The van der Waals surface area contributed by atoms with Gasteiger partial charge in [-0.3, -0.25) is 0 Å². The number of carbonyl (C=O) groups excluding carboxylic acids is 1. The molecule has 82 valence electrons. The highest BCUT2D eigenvalue weighted by atomic mass is 32.2. The molecule has 5 nitrogen and oxygen atoms in total. The zero-order valence-corrected chi connectivity index (χ0v) is 9.17. The summed E-state index contributed by atoms with van der Waals surface area (Å²) in [5.74, 6) is -0.960. The molecule has 1 aromatic carbocycles. The topological polar surface area (TPSA) is 86.5 Å². The monoisotopic (exact) mass is 229 g/mol. The van der Waals surface area contributed by atoms with Crippen LogP contribution in [0.4, 0.5) is 0 Å². The predicted octanol–water partition coefficient (Wildman–Crippen LogP) is 0.664. The van der Waals surface area contributed by atoms with E-state index in [0.717, 1.165) is 5.56 Å². The van der Waals surface area contributed by atoms with Crippen LogP contribution in [0.15, 0.2) is 18.2 Å². The second-order valence-electron chi connectivity index (χ2n) is 3.11. The molecule has 0 aromatic heterocycles. The van der Waals surface area contributed by atoms with Crippen LogP contribution < -0.4 is 5.14 Å². The molecular weight excluding hydrogens is 218 g/mol. The first-order chi connectivity index (χ1) is 6.81. The first-order valence-electron chi connectivity index (χ1n) is 4.14. The molecule has 0 aliphatic rings. The van der Waals surface area contributed by atoms with Crippen LogP contribution in [0.1, 0.15) is 21.5 Å². The molecule has 2 N–H and O–H groups in total. The Morgan fingerprint density at radius 3 is 2.47 bits per heavy atom. The van der Waals surface area contributed by atoms with Crippen molar-refractivity contribution in [1.82, 2.24) is 0 Å². The molecule has 0 bridgehead atoms. The van der Waals surface area contributed by atoms with Crippen molar-refractivity contribution in [2.24, 2.45) is 5.14 Å². The summed E-state index contributed by atoms with van der Waals surface area (Å²) in [4.78, 5) is 11.4. The fraction of sp³-hybridized carbons (Fsp3) is 0.222. The molecule has 0 spiro atoms. The number of benzene rings is 1. The Morgan fingerprint density at radius 1 is 1.33 bits per heavy atom. The SMILES string of the molecule is Cc1cccc(C(=O)OS(N)(=O)=O)c1C. The molecule has 0 amide bonds. The molecule has 0 aliphatic heterocycles. The van der Waals surface area contributed by atoms with Gasteiger partial charge in [-0.25, -0.2) is 4.79 Å². The van der Waals surface area contributed by atoms with Gasteiger partial charge < -0.3 is 4.18 Å². The second kappa shape index (κ2) is 4.00. The Hall–Kier alpha value is -1.40. The van der Waals surface area contributed by atoms with Gasteiger partial charge in [-0.05, 0) is 31.0 Å². The van der Waals surface area contributed by atoms with E-state index in [1.165, 1.54) is 6.07 Å². The van der Waals surface area contributed by atoms with Crippen molar-refractivity contribution in [3.05, 3.63) is 34.9 Å². The molecule has 0 atom stereocenters. The molecule has 0 saturated heterocycles. The third-order valence-corrected chi connectivity index (χ3v) is 2.40. The maximum absolute atomic E-state index is 11.4. The van der Waals surface area contributed by atoms with Crippen molar-refractivity contribution in [2.45, 2.75) is 13.8 Å². The lowest BCUT2D eigenvalue weighted by Gasteiger charge is -2.06. The Bertz CT molecular complexity index is 493. The first kappa shape index (κ1) is 11.7. The minimum Gasteiger partial charge on any atom is -0.330 e. The number of hydrogen-bond acceptors (Lipinski definition) is 4. The van der Waals surface area contributed by atoms with Crippen LogP contribution >= 0.6 is 0 Å². The summed E-state index contributed by atoms with van der Waals surface area (Å²) in [6.07, 6.45) is 0. The molecule has 0 aliphatic carbocycles. The molecule has 1 aromatic rings. The van der Waals surface area contributed by atoms with Crippen LogP contribution in [0, 0.1) is 13.8 Å². The summed E-state index contributed by atoms with van der Waals surface area (Å²) >= 11 is 0. The van der Waals surface area contributed by atoms with Crippen LogP contribution in [0.25, 0.3) is 0 Å². The fourth-order valence-corrected chi connectivity index (χ4v) is 1.42. The van der Waals surface area contributed by atoms with Gasteiger partial charge in [0.2, 0.25) is 0 Å². The smallest absolute Gasteiger partial charge is 0.330 e. The van der Waals surface area contributed by atoms with Gasteiger partial charge >= 0.3 is 16.3 Å². The molecule has 6 heteroatoms. The minimum atomic E-state index is -4.25. The van der Waals surface area contributed by atoms with E-state index in [-0.39, 0.29) is 5.56 Å². The fourth-order valence-electron chi connectivity index (χ4n) is 1.12. The standard InChI is InChI=1S/C9H11NO4S/c1-6-4-3-5-8(7(6)2)9(11)14-15(10,12)13/h3-5H,1-2H3,(H2,10,12,13). The van der Waals surface area contributed by atoms with Gasteiger partial charge in [-0.1, -0.05) is 12.1 Å². The van der Waals surface area contributed by atoms with Crippen LogP contribution in [0.5, 0.6) is 0 Å². The summed E-state index contributed by atoms with van der Waals surface area (Å²) in [6.45, 7) is 3.51. The molecule has 0 unspecified atom stereocenters. The van der Waals surface area contributed by atoms with Crippen LogP contribution in [0.2, 0.25) is 0 Å². The lowest BCUT2D eigenvalue weighted by Crippen LogP contribution is -2.21. The number of nitrogens with two attached hydrogens (primary N) is 1. The quantitative estimate of drug-likeness (QED) is 0.807. The van der Waals surface area contributed by atoms with Gasteiger partial charge in [0, 0.05) is 0 Å². The first-order valence-corrected chi connectivity index (χ1v) is 5.61. The molecule has 0 fully saturated rings. The van der Waals surface area contributed by atoms with Gasteiger partial charge in [0.25, 0.3) is 0 Å². The predicted molar refractivity (Wildman–Crippen MR) is 54.4 cm³/mol. The van der Waals surface area contributed by atoms with E-state index in [9.17, 15) is 13.2 Å². The molecule has 0 radical (unpaired) electrons. The van der Waals surface area contributed by atoms with E-state index in [2.05, 4.69) is 9.32 Å². The number of carbonyl (C=O) groups is 1. The van der Waals surface area contributed by atoms with Crippen molar-refractivity contribution >= 4 is 16.3 Å². The average Bonchev–Trinajstić information content (AvgIpc) is 2.06. The Morgan fingerprint density at radius 2 is 1.93 bits per heavy atom. The molecule has 0 saturated carbocycles. The van der Waals surface area contributed by atoms with Gasteiger partial charge in [0.05, 0.1) is 5.56 Å². The van der Waals surface area contributed by atoms with Crippen molar-refractivity contribution in [1.29, 1.82) is 0 Å². The van der Waals surface area contributed by atoms with Crippen molar-refractivity contribution in [3.8, 4) is 0 Å². The summed E-state index contributed by atoms with van der Waals surface area (Å²) in [6, 6.07) is 4.93. The highest BCUT2D eigenvalue weighted by Gasteiger charge is 2.16. The van der Waals surface area contributed by atoms with Crippen molar-refractivity contribution in [3.63, 3.8) is 0 Å². The van der Waals surface area contributed by atoms with E-state index in [1.807, 2.05) is 13.0 Å². The zero-order chi connectivity index (χ0) is 11.6. The highest BCUT2D eigenvalue weighted by Crippen LogP contribution is 2.14. The third kappa shape index (κ3) is 3.03. The normalized spacial score (nSPS) is 11.1. The third-order valence-electron chi connectivity index (χ3n) is 2.02. The van der Waals surface area contributed by atoms with Gasteiger partial charge in [0.15, 0.2) is 0 Å². The largest absolute Gasteiger partial charge is 0.382 e. The molecule has 1 rings (SSSR count). The second-order valence-corrected chi connectivity index (χ2v) is 4.26. The Kier molecular flexibility index (Phi) is 3.11. The minimum absolute atomic E-state index is 0.198. The van der Waals surface area contributed by atoms with E-state index in [1.54, 1.807) is 13.0 Å². The average molecular weight is 229 g/mol. The van der Waals surface area contributed by atoms with Crippen LogP contribution in [0.3, 0.4) is 0 Å². The Labute approximate surface area is 88.1 Å². The summed E-state index contributed by atoms with van der Waals surface area (Å²) in [7, 11) is -4.25. The summed E-state index contributed by atoms with van der Waals surface area (Å²) in [5.41, 5.74) is 1.74. The molecule has 15 heavy (non-hydrogen) atoms. The number of aryl methyl sites for hydroxylation is 1. The van der Waals surface area contributed by atoms with E-state index in [4.69, 9.17) is 0 Å². The summed E-state index contributed by atoms with van der Waals surface area (Å²) < 4.78 is 25.2. The van der Waals surface area contributed by atoms with Crippen molar-refractivity contribution in [2.75, 3.05) is 0 Å². The maximum Gasteiger partial charge on any atom is 0.382 e. The van der Waals surface area contributed by atoms with Crippen molar-refractivity contribution < 1.29 is 17.4 Å². The highest BCUT2D eigenvalue weighted by molar-refractivity contribution is 7.84. The van der Waals surface area contributed by atoms with E-state index in [0.29, 0.717) is 5.56 Å². The molecular formula is C9H11NO4S. The van der Waals surface area contributed by atoms with Gasteiger partial charge in [-0.15, -0.1) is 0 Å². The Balaban J connectivity index is 3.08. The lowest BCUT2D eigenvalue weighted by molar-refractivity contribution is 0.0746. The molecule has 0 heterocycles. The number of hydrogen-bond donors (Lipinski definition) is 1.